The van der Waals surface area contributed by atoms with Gasteiger partial charge in [-0.1, -0.05) is 55.8 Å². The van der Waals surface area contributed by atoms with E-state index in [9.17, 15) is 9.59 Å². The number of nitrogens with one attached hydrogen (secondary N) is 1. The van der Waals surface area contributed by atoms with Crippen molar-refractivity contribution in [3.05, 3.63) is 89.1 Å². The van der Waals surface area contributed by atoms with Crippen LogP contribution in [0.2, 0.25) is 0 Å². The number of pyridine rings is 1. The van der Waals surface area contributed by atoms with Crippen LogP contribution in [0.3, 0.4) is 0 Å². The average Bonchev–Trinajstić information content (AvgIpc) is 2.81. The minimum atomic E-state index is -0.0840. The normalized spacial score (nSPS) is 10.9. The Hall–Kier alpha value is -3.80. The average molecular weight is 412 g/mol. The van der Waals surface area contributed by atoms with Crippen molar-refractivity contribution in [3.8, 4) is 11.1 Å². The summed E-state index contributed by atoms with van der Waals surface area (Å²) in [7, 11) is 0. The van der Waals surface area contributed by atoms with Crippen molar-refractivity contribution in [1.29, 1.82) is 0 Å². The zero-order valence-corrected chi connectivity index (χ0v) is 17.4. The molecule has 2 aromatic carbocycles. The summed E-state index contributed by atoms with van der Waals surface area (Å²) < 4.78 is 1.72. The number of carbonyl (C=O) groups is 1. The molecule has 0 aliphatic carbocycles. The standard InChI is InChI=1S/C25H24N4O2/c1-2-3-9-23(30)28-25-26-15-21(16-27-25)20-11-10-19-12-13-29(24(31)22(19)14-20)17-18-7-5-4-6-8-18/h4-8,10-16H,2-3,9,17H2,1H3,(H,26,27,28,30). The summed E-state index contributed by atoms with van der Waals surface area (Å²) in [6, 6.07) is 17.6. The fraction of sp³-hybridized carbons (Fsp3) is 0.200. The van der Waals surface area contributed by atoms with Gasteiger partial charge in [0.15, 0.2) is 0 Å². The van der Waals surface area contributed by atoms with Gasteiger partial charge in [0.1, 0.15) is 0 Å². The van der Waals surface area contributed by atoms with Crippen LogP contribution in [0.25, 0.3) is 21.9 Å². The summed E-state index contributed by atoms with van der Waals surface area (Å²) >= 11 is 0. The lowest BCUT2D eigenvalue weighted by atomic mass is 10.0. The van der Waals surface area contributed by atoms with Crippen molar-refractivity contribution in [2.75, 3.05) is 5.32 Å². The Morgan fingerprint density at radius 2 is 1.77 bits per heavy atom. The Morgan fingerprint density at radius 3 is 2.52 bits per heavy atom. The van der Waals surface area contributed by atoms with Crippen LogP contribution in [-0.2, 0) is 11.3 Å². The SMILES string of the molecule is CCCCC(=O)Nc1ncc(-c2ccc3ccn(Cc4ccccc4)c(=O)c3c2)cn1. The highest BCUT2D eigenvalue weighted by Crippen LogP contribution is 2.22. The maximum Gasteiger partial charge on any atom is 0.258 e. The Balaban J connectivity index is 1.59. The first-order valence-electron chi connectivity index (χ1n) is 10.4. The maximum absolute atomic E-state index is 13.1. The topological polar surface area (TPSA) is 76.9 Å². The van der Waals surface area contributed by atoms with Crippen molar-refractivity contribution >= 4 is 22.6 Å². The minimum absolute atomic E-state index is 0.0380. The van der Waals surface area contributed by atoms with Crippen molar-refractivity contribution in [2.45, 2.75) is 32.7 Å². The van der Waals surface area contributed by atoms with Gasteiger partial charge < -0.3 is 4.57 Å². The summed E-state index contributed by atoms with van der Waals surface area (Å²) in [5.74, 6) is 0.204. The van der Waals surface area contributed by atoms with E-state index >= 15 is 0 Å². The van der Waals surface area contributed by atoms with Crippen LogP contribution in [0.15, 0.2) is 78.0 Å². The molecule has 1 N–H and O–H groups in total. The van der Waals surface area contributed by atoms with E-state index in [1.807, 2.05) is 67.7 Å². The second-order valence-electron chi connectivity index (χ2n) is 7.48. The van der Waals surface area contributed by atoms with Gasteiger partial charge in [0.25, 0.3) is 5.56 Å². The monoisotopic (exact) mass is 412 g/mol. The van der Waals surface area contributed by atoms with Gasteiger partial charge in [-0.2, -0.15) is 0 Å². The van der Waals surface area contributed by atoms with Crippen LogP contribution in [-0.4, -0.2) is 20.4 Å². The van der Waals surface area contributed by atoms with Gasteiger partial charge >= 0.3 is 0 Å². The first-order valence-corrected chi connectivity index (χ1v) is 10.4. The minimum Gasteiger partial charge on any atom is -0.311 e. The Bertz CT molecular complexity index is 1250. The molecule has 0 aliphatic heterocycles. The molecular formula is C25H24N4O2. The summed E-state index contributed by atoms with van der Waals surface area (Å²) in [4.78, 5) is 33.4. The molecular weight excluding hydrogens is 388 g/mol. The molecule has 156 valence electrons. The zero-order valence-electron chi connectivity index (χ0n) is 17.4. The number of amides is 1. The summed E-state index contributed by atoms with van der Waals surface area (Å²) in [6.07, 6.45) is 7.41. The van der Waals surface area contributed by atoms with Crippen molar-refractivity contribution in [3.63, 3.8) is 0 Å². The van der Waals surface area contributed by atoms with Crippen LogP contribution in [0, 0.1) is 0 Å². The predicted molar refractivity (Wildman–Crippen MR) is 123 cm³/mol. The highest BCUT2D eigenvalue weighted by Gasteiger charge is 2.08. The zero-order chi connectivity index (χ0) is 21.6. The van der Waals surface area contributed by atoms with Crippen LogP contribution in [0.4, 0.5) is 5.95 Å². The van der Waals surface area contributed by atoms with Crippen molar-refractivity contribution in [1.82, 2.24) is 14.5 Å². The maximum atomic E-state index is 13.1. The highest BCUT2D eigenvalue weighted by atomic mass is 16.1. The second-order valence-corrected chi connectivity index (χ2v) is 7.48. The number of hydrogen-bond donors (Lipinski definition) is 1. The molecule has 0 bridgehead atoms. The number of anilines is 1. The highest BCUT2D eigenvalue weighted by molar-refractivity contribution is 5.89. The molecule has 0 atom stereocenters. The quantitative estimate of drug-likeness (QED) is 0.480. The van der Waals surface area contributed by atoms with Gasteiger partial charge in [0, 0.05) is 36.0 Å². The summed E-state index contributed by atoms with van der Waals surface area (Å²) in [5, 5.41) is 4.24. The number of nitrogens with zero attached hydrogens (tertiary/aromatic N) is 3. The fourth-order valence-corrected chi connectivity index (χ4v) is 3.43. The van der Waals surface area contributed by atoms with Crippen LogP contribution in [0.5, 0.6) is 0 Å². The molecule has 4 rings (SSSR count). The molecule has 31 heavy (non-hydrogen) atoms. The molecule has 2 heterocycles. The van der Waals surface area contributed by atoms with Gasteiger partial charge in [-0.15, -0.1) is 0 Å². The third kappa shape index (κ3) is 4.86. The first kappa shape index (κ1) is 20.5. The van der Waals surface area contributed by atoms with Gasteiger partial charge in [0.2, 0.25) is 11.9 Å². The van der Waals surface area contributed by atoms with E-state index in [0.717, 1.165) is 34.9 Å². The van der Waals surface area contributed by atoms with E-state index < -0.39 is 0 Å². The molecule has 0 radical (unpaired) electrons. The van der Waals surface area contributed by atoms with Gasteiger partial charge in [-0.3, -0.25) is 14.9 Å². The fourth-order valence-electron chi connectivity index (χ4n) is 3.43. The third-order valence-electron chi connectivity index (χ3n) is 5.17. The van der Waals surface area contributed by atoms with Gasteiger partial charge in [-0.25, -0.2) is 9.97 Å². The molecule has 0 spiro atoms. The number of hydrogen-bond acceptors (Lipinski definition) is 4. The number of rotatable bonds is 7. The molecule has 6 nitrogen and oxygen atoms in total. The lowest BCUT2D eigenvalue weighted by Gasteiger charge is -2.09. The Morgan fingerprint density at radius 1 is 1.00 bits per heavy atom. The Labute approximate surface area is 180 Å². The van der Waals surface area contributed by atoms with Gasteiger partial charge in [-0.05, 0) is 35.1 Å². The van der Waals surface area contributed by atoms with E-state index in [2.05, 4.69) is 15.3 Å². The molecule has 0 saturated heterocycles. The van der Waals surface area contributed by atoms with Crippen molar-refractivity contribution < 1.29 is 4.79 Å². The number of aromatic nitrogens is 3. The summed E-state index contributed by atoms with van der Waals surface area (Å²) in [5.41, 5.74) is 2.67. The molecule has 1 amide bonds. The molecule has 2 aromatic heterocycles. The lowest BCUT2D eigenvalue weighted by molar-refractivity contribution is -0.116. The van der Waals surface area contributed by atoms with E-state index in [1.54, 1.807) is 17.0 Å². The molecule has 4 aromatic rings. The number of fused-ring (bicyclic) bond motifs is 1. The number of carbonyl (C=O) groups excluding carboxylic acids is 1. The number of benzene rings is 2. The number of unbranched alkanes of at least 4 members (excludes halogenated alkanes) is 1. The van der Waals surface area contributed by atoms with E-state index in [0.29, 0.717) is 18.4 Å². The van der Waals surface area contributed by atoms with E-state index in [1.165, 1.54) is 0 Å². The Kier molecular flexibility index (Phi) is 6.17. The largest absolute Gasteiger partial charge is 0.311 e. The molecule has 6 heteroatoms. The van der Waals surface area contributed by atoms with E-state index in [-0.39, 0.29) is 17.4 Å². The van der Waals surface area contributed by atoms with Crippen LogP contribution >= 0.6 is 0 Å². The summed E-state index contributed by atoms with van der Waals surface area (Å²) in [6.45, 7) is 2.56. The molecule has 0 fully saturated rings. The third-order valence-corrected chi connectivity index (χ3v) is 5.17. The smallest absolute Gasteiger partial charge is 0.258 e. The second kappa shape index (κ2) is 9.34. The van der Waals surface area contributed by atoms with Gasteiger partial charge in [0.05, 0.1) is 6.54 Å². The van der Waals surface area contributed by atoms with Crippen molar-refractivity contribution in [2.24, 2.45) is 0 Å². The van der Waals surface area contributed by atoms with Crippen LogP contribution in [0.1, 0.15) is 31.7 Å². The van der Waals surface area contributed by atoms with Crippen LogP contribution < -0.4 is 10.9 Å². The molecule has 0 unspecified atom stereocenters. The molecule has 0 saturated carbocycles. The molecule has 0 aliphatic rings. The first-order chi connectivity index (χ1) is 15.1. The van der Waals surface area contributed by atoms with E-state index in [4.69, 9.17) is 0 Å². The lowest BCUT2D eigenvalue weighted by Crippen LogP contribution is -2.20. The predicted octanol–water partition coefficient (Wildman–Crippen LogP) is 4.64.